The van der Waals surface area contributed by atoms with Gasteiger partial charge in [-0.05, 0) is 50.3 Å². The second-order valence-corrected chi connectivity index (χ2v) is 6.63. The van der Waals surface area contributed by atoms with E-state index in [0.29, 0.717) is 0 Å². The minimum absolute atomic E-state index is 0.153. The van der Waals surface area contributed by atoms with E-state index in [2.05, 4.69) is 25.0 Å². The van der Waals surface area contributed by atoms with E-state index >= 15 is 0 Å². The molecule has 1 aliphatic rings. The molecular formula is C15H31N3OS. The first-order valence-corrected chi connectivity index (χ1v) is 9.27. The second kappa shape index (κ2) is 9.64. The van der Waals surface area contributed by atoms with Gasteiger partial charge >= 0.3 is 0 Å². The fourth-order valence-electron chi connectivity index (χ4n) is 2.79. The fraction of sp³-hybridized carbons (Fsp3) is 0.933. The molecule has 0 spiro atoms. The third-order valence-corrected chi connectivity index (χ3v) is 4.93. The van der Waals surface area contributed by atoms with E-state index in [1.807, 2.05) is 4.90 Å². The molecule has 1 fully saturated rings. The zero-order chi connectivity index (χ0) is 15.0. The maximum Gasteiger partial charge on any atom is 0.239 e. The number of likely N-dealkylation sites (tertiary alicyclic amines) is 1. The van der Waals surface area contributed by atoms with Crippen LogP contribution in [-0.2, 0) is 4.79 Å². The molecule has 0 saturated carbocycles. The molecule has 1 rings (SSSR count). The second-order valence-electron chi connectivity index (χ2n) is 5.64. The van der Waals surface area contributed by atoms with Crippen molar-refractivity contribution in [3.05, 3.63) is 0 Å². The first-order chi connectivity index (χ1) is 9.62. The molecule has 0 bridgehead atoms. The Labute approximate surface area is 128 Å². The van der Waals surface area contributed by atoms with Crippen LogP contribution in [0.4, 0.5) is 0 Å². The number of piperidine rings is 1. The minimum atomic E-state index is -0.304. The van der Waals surface area contributed by atoms with Crippen molar-refractivity contribution in [2.75, 3.05) is 44.7 Å². The van der Waals surface area contributed by atoms with Gasteiger partial charge in [0, 0.05) is 19.6 Å². The number of nitrogens with two attached hydrogens (primary N) is 1. The molecule has 0 aromatic carbocycles. The smallest absolute Gasteiger partial charge is 0.239 e. The van der Waals surface area contributed by atoms with Crippen molar-refractivity contribution in [2.45, 2.75) is 39.2 Å². The maximum absolute atomic E-state index is 12.2. The molecule has 0 radical (unpaired) electrons. The van der Waals surface area contributed by atoms with E-state index in [1.54, 1.807) is 11.8 Å². The number of hydrogen-bond acceptors (Lipinski definition) is 4. The molecule has 1 heterocycles. The topological polar surface area (TPSA) is 49.6 Å². The Bertz CT molecular complexity index is 276. The summed E-state index contributed by atoms with van der Waals surface area (Å²) in [5.41, 5.74) is 5.98. The van der Waals surface area contributed by atoms with Crippen LogP contribution in [0.3, 0.4) is 0 Å². The van der Waals surface area contributed by atoms with Crippen LogP contribution in [0.15, 0.2) is 0 Å². The van der Waals surface area contributed by atoms with E-state index in [1.165, 1.54) is 6.54 Å². The Morgan fingerprint density at radius 3 is 2.45 bits per heavy atom. The van der Waals surface area contributed by atoms with Gasteiger partial charge in [-0.15, -0.1) is 0 Å². The number of carbonyl (C=O) groups excluding carboxylic acids is 1. The Balaban J connectivity index is 2.32. The predicted molar refractivity (Wildman–Crippen MR) is 88.1 cm³/mol. The molecule has 1 aliphatic heterocycles. The van der Waals surface area contributed by atoms with Crippen molar-refractivity contribution in [1.29, 1.82) is 0 Å². The van der Waals surface area contributed by atoms with Gasteiger partial charge < -0.3 is 15.5 Å². The van der Waals surface area contributed by atoms with E-state index in [-0.39, 0.29) is 11.9 Å². The molecule has 0 aromatic rings. The normalized spacial score (nSPS) is 18.6. The van der Waals surface area contributed by atoms with Gasteiger partial charge in [-0.25, -0.2) is 0 Å². The van der Waals surface area contributed by atoms with Crippen molar-refractivity contribution in [2.24, 2.45) is 11.7 Å². The molecular weight excluding hydrogens is 270 g/mol. The van der Waals surface area contributed by atoms with Crippen LogP contribution < -0.4 is 5.73 Å². The third-order valence-electron chi connectivity index (χ3n) is 4.29. The molecule has 20 heavy (non-hydrogen) atoms. The lowest BCUT2D eigenvalue weighted by molar-refractivity contribution is -0.134. The first-order valence-electron chi connectivity index (χ1n) is 7.88. The average Bonchev–Trinajstić information content (AvgIpc) is 2.50. The van der Waals surface area contributed by atoms with Crippen LogP contribution in [0, 0.1) is 5.92 Å². The number of rotatable bonds is 8. The van der Waals surface area contributed by atoms with Crippen LogP contribution in [0.25, 0.3) is 0 Å². The summed E-state index contributed by atoms with van der Waals surface area (Å²) < 4.78 is 0. The van der Waals surface area contributed by atoms with E-state index in [9.17, 15) is 4.79 Å². The van der Waals surface area contributed by atoms with Crippen molar-refractivity contribution >= 4 is 17.7 Å². The van der Waals surface area contributed by atoms with Gasteiger partial charge in [-0.1, -0.05) is 13.8 Å². The van der Waals surface area contributed by atoms with E-state index in [0.717, 1.165) is 57.1 Å². The molecule has 1 saturated heterocycles. The van der Waals surface area contributed by atoms with Crippen LogP contribution >= 0.6 is 11.8 Å². The number of amides is 1. The van der Waals surface area contributed by atoms with Crippen LogP contribution in [-0.4, -0.2) is 66.5 Å². The molecule has 1 amide bonds. The molecule has 0 unspecified atom stereocenters. The number of carbonyl (C=O) groups is 1. The summed E-state index contributed by atoms with van der Waals surface area (Å²) in [6.45, 7) is 9.62. The average molecular weight is 302 g/mol. The zero-order valence-corrected chi connectivity index (χ0v) is 14.1. The highest BCUT2D eigenvalue weighted by atomic mass is 32.2. The largest absolute Gasteiger partial charge is 0.341 e. The fourth-order valence-corrected chi connectivity index (χ4v) is 3.28. The molecule has 118 valence electrons. The van der Waals surface area contributed by atoms with Gasteiger partial charge in [0.25, 0.3) is 0 Å². The van der Waals surface area contributed by atoms with Crippen molar-refractivity contribution in [3.8, 4) is 0 Å². The summed E-state index contributed by atoms with van der Waals surface area (Å²) in [7, 11) is 0. The summed E-state index contributed by atoms with van der Waals surface area (Å²) in [5.74, 6) is 1.85. The predicted octanol–water partition coefficient (Wildman–Crippen LogP) is 1.65. The Morgan fingerprint density at radius 1 is 1.35 bits per heavy atom. The Morgan fingerprint density at radius 2 is 1.95 bits per heavy atom. The summed E-state index contributed by atoms with van der Waals surface area (Å²) >= 11 is 1.75. The Hall–Kier alpha value is -0.260. The molecule has 4 nitrogen and oxygen atoms in total. The number of thioether (sulfide) groups is 1. The minimum Gasteiger partial charge on any atom is -0.341 e. The van der Waals surface area contributed by atoms with Gasteiger partial charge in [-0.3, -0.25) is 4.79 Å². The summed E-state index contributed by atoms with van der Waals surface area (Å²) in [4.78, 5) is 16.7. The lowest BCUT2D eigenvalue weighted by atomic mass is 9.95. The third kappa shape index (κ3) is 5.62. The van der Waals surface area contributed by atoms with E-state index < -0.39 is 0 Å². The van der Waals surface area contributed by atoms with Crippen molar-refractivity contribution < 1.29 is 4.79 Å². The SMILES string of the molecule is CCN(CC)CC1CCN(C(=O)[C@H](N)CCSC)CC1. The van der Waals surface area contributed by atoms with Gasteiger partial charge in [-0.2, -0.15) is 11.8 Å². The van der Waals surface area contributed by atoms with Crippen LogP contribution in [0.2, 0.25) is 0 Å². The van der Waals surface area contributed by atoms with Gasteiger partial charge in [0.2, 0.25) is 5.91 Å². The Kier molecular flexibility index (Phi) is 8.57. The highest BCUT2D eigenvalue weighted by Gasteiger charge is 2.26. The zero-order valence-electron chi connectivity index (χ0n) is 13.3. The van der Waals surface area contributed by atoms with E-state index in [4.69, 9.17) is 5.73 Å². The molecule has 5 heteroatoms. The standard InChI is InChI=1S/C15H31N3OS/c1-4-17(5-2)12-13-6-9-18(10-7-13)15(19)14(16)8-11-20-3/h13-14H,4-12,16H2,1-3H3/t14-/m1/s1. The van der Waals surface area contributed by atoms with Gasteiger partial charge in [0.1, 0.15) is 0 Å². The molecule has 1 atom stereocenters. The molecule has 2 N–H and O–H groups in total. The first kappa shape index (κ1) is 17.8. The molecule has 0 aromatic heterocycles. The van der Waals surface area contributed by atoms with Crippen molar-refractivity contribution in [1.82, 2.24) is 9.80 Å². The highest BCUT2D eigenvalue weighted by Crippen LogP contribution is 2.19. The number of nitrogens with zero attached hydrogens (tertiary/aromatic N) is 2. The monoisotopic (exact) mass is 301 g/mol. The lowest BCUT2D eigenvalue weighted by Crippen LogP contribution is -2.48. The van der Waals surface area contributed by atoms with Crippen molar-refractivity contribution in [3.63, 3.8) is 0 Å². The summed E-state index contributed by atoms with van der Waals surface area (Å²) in [6, 6.07) is -0.304. The van der Waals surface area contributed by atoms with Gasteiger partial charge in [0.15, 0.2) is 0 Å². The molecule has 0 aliphatic carbocycles. The summed E-state index contributed by atoms with van der Waals surface area (Å²) in [6.07, 6.45) is 5.09. The van der Waals surface area contributed by atoms with Crippen LogP contribution in [0.5, 0.6) is 0 Å². The van der Waals surface area contributed by atoms with Gasteiger partial charge in [0.05, 0.1) is 6.04 Å². The highest BCUT2D eigenvalue weighted by molar-refractivity contribution is 7.98. The number of hydrogen-bond donors (Lipinski definition) is 1. The summed E-state index contributed by atoms with van der Waals surface area (Å²) in [5, 5.41) is 0. The maximum atomic E-state index is 12.2. The quantitative estimate of drug-likeness (QED) is 0.740. The lowest BCUT2D eigenvalue weighted by Gasteiger charge is -2.35. The van der Waals surface area contributed by atoms with Crippen LogP contribution in [0.1, 0.15) is 33.1 Å².